The minimum absolute atomic E-state index is 0.132. The van der Waals surface area contributed by atoms with Crippen LogP contribution in [0.3, 0.4) is 0 Å². The summed E-state index contributed by atoms with van der Waals surface area (Å²) < 4.78 is 37.5. The maximum Gasteiger partial charge on any atom is 0.416 e. The lowest BCUT2D eigenvalue weighted by Gasteiger charge is -2.08. The summed E-state index contributed by atoms with van der Waals surface area (Å²) in [6.45, 7) is 0. The average Bonchev–Trinajstić information content (AvgIpc) is 2.54. The number of rotatable bonds is 2. The number of halogens is 3. The molecule has 0 aliphatic heterocycles. The van der Waals surface area contributed by atoms with Crippen molar-refractivity contribution < 1.29 is 18.0 Å². The van der Waals surface area contributed by atoms with Gasteiger partial charge in [0.15, 0.2) is 0 Å². The molecule has 1 amide bonds. The van der Waals surface area contributed by atoms with Crippen molar-refractivity contribution in [2.24, 2.45) is 0 Å². The van der Waals surface area contributed by atoms with Crippen LogP contribution in [-0.2, 0) is 6.18 Å². The summed E-state index contributed by atoms with van der Waals surface area (Å²) in [6, 6.07) is 14.9. The molecule has 3 rings (SSSR count). The Morgan fingerprint density at radius 1 is 0.913 bits per heavy atom. The Balaban J connectivity index is 1.80. The molecule has 0 saturated carbocycles. The molecule has 3 aromatic rings. The molecule has 0 saturated heterocycles. The molecule has 23 heavy (non-hydrogen) atoms. The number of carbonyl (C=O) groups is 1. The lowest BCUT2D eigenvalue weighted by molar-refractivity contribution is -0.137. The van der Waals surface area contributed by atoms with Crippen molar-refractivity contribution in [3.8, 4) is 0 Å². The number of benzene rings is 2. The number of nitrogens with one attached hydrogen (secondary N) is 1. The van der Waals surface area contributed by atoms with Crippen LogP contribution in [0.25, 0.3) is 10.9 Å². The Bertz CT molecular complexity index is 858. The third-order valence-electron chi connectivity index (χ3n) is 3.31. The maximum absolute atomic E-state index is 12.5. The van der Waals surface area contributed by atoms with Crippen LogP contribution in [0, 0.1) is 0 Å². The molecule has 0 aliphatic rings. The van der Waals surface area contributed by atoms with Crippen molar-refractivity contribution in [1.82, 2.24) is 4.98 Å². The van der Waals surface area contributed by atoms with Crippen LogP contribution in [-0.4, -0.2) is 10.9 Å². The van der Waals surface area contributed by atoms with E-state index in [-0.39, 0.29) is 5.56 Å². The van der Waals surface area contributed by atoms with E-state index in [9.17, 15) is 18.0 Å². The largest absolute Gasteiger partial charge is 0.416 e. The van der Waals surface area contributed by atoms with E-state index in [1.54, 1.807) is 6.07 Å². The van der Waals surface area contributed by atoms with Gasteiger partial charge in [0.05, 0.1) is 11.1 Å². The third-order valence-corrected chi connectivity index (χ3v) is 3.31. The van der Waals surface area contributed by atoms with Gasteiger partial charge in [-0.25, -0.2) is 4.98 Å². The smallest absolute Gasteiger partial charge is 0.307 e. The van der Waals surface area contributed by atoms with E-state index in [1.165, 1.54) is 0 Å². The van der Waals surface area contributed by atoms with Gasteiger partial charge in [-0.2, -0.15) is 13.2 Å². The fourth-order valence-electron chi connectivity index (χ4n) is 2.13. The monoisotopic (exact) mass is 316 g/mol. The molecular weight excluding hydrogens is 305 g/mol. The van der Waals surface area contributed by atoms with Crippen molar-refractivity contribution >= 4 is 22.6 Å². The first-order valence-electron chi connectivity index (χ1n) is 6.78. The molecule has 1 heterocycles. The van der Waals surface area contributed by atoms with Gasteiger partial charge >= 0.3 is 6.18 Å². The first kappa shape index (κ1) is 15.0. The lowest BCUT2D eigenvalue weighted by Crippen LogP contribution is -2.13. The summed E-state index contributed by atoms with van der Waals surface area (Å²) in [7, 11) is 0. The zero-order valence-corrected chi connectivity index (χ0v) is 11.8. The van der Waals surface area contributed by atoms with Gasteiger partial charge in [0.25, 0.3) is 5.91 Å². The van der Waals surface area contributed by atoms with Gasteiger partial charge in [-0.1, -0.05) is 18.2 Å². The Labute approximate surface area is 129 Å². The van der Waals surface area contributed by atoms with Crippen LogP contribution in [0.4, 0.5) is 19.0 Å². The van der Waals surface area contributed by atoms with Gasteiger partial charge < -0.3 is 5.32 Å². The van der Waals surface area contributed by atoms with Crippen LogP contribution < -0.4 is 5.32 Å². The maximum atomic E-state index is 12.5. The fraction of sp³-hybridized carbons (Fsp3) is 0.0588. The second kappa shape index (κ2) is 5.72. The van der Waals surface area contributed by atoms with Gasteiger partial charge in [0.2, 0.25) is 0 Å². The van der Waals surface area contributed by atoms with Gasteiger partial charge in [0.1, 0.15) is 5.82 Å². The van der Waals surface area contributed by atoms with Crippen molar-refractivity contribution in [2.45, 2.75) is 6.18 Å². The summed E-state index contributed by atoms with van der Waals surface area (Å²) in [5, 5.41) is 3.51. The lowest BCUT2D eigenvalue weighted by atomic mass is 10.1. The molecule has 2 aromatic carbocycles. The van der Waals surface area contributed by atoms with Crippen LogP contribution in [0.5, 0.6) is 0 Å². The predicted molar refractivity (Wildman–Crippen MR) is 81.1 cm³/mol. The number of fused-ring (bicyclic) bond motifs is 1. The first-order valence-corrected chi connectivity index (χ1v) is 6.78. The third kappa shape index (κ3) is 3.31. The molecule has 0 fully saturated rings. The van der Waals surface area contributed by atoms with Gasteiger partial charge in [-0.15, -0.1) is 0 Å². The average molecular weight is 316 g/mol. The SMILES string of the molecule is O=C(Nc1ccc2ccccc2n1)c1ccc(C(F)(F)F)cc1. The minimum Gasteiger partial charge on any atom is -0.307 e. The van der Waals surface area contributed by atoms with E-state index in [2.05, 4.69) is 10.3 Å². The highest BCUT2D eigenvalue weighted by Crippen LogP contribution is 2.29. The highest BCUT2D eigenvalue weighted by atomic mass is 19.4. The van der Waals surface area contributed by atoms with Crippen molar-refractivity contribution in [1.29, 1.82) is 0 Å². The zero-order valence-electron chi connectivity index (χ0n) is 11.8. The molecule has 0 radical (unpaired) electrons. The van der Waals surface area contributed by atoms with Crippen LogP contribution in [0.2, 0.25) is 0 Å². The highest BCUT2D eigenvalue weighted by molar-refractivity contribution is 6.04. The number of alkyl halides is 3. The van der Waals surface area contributed by atoms with Crippen LogP contribution in [0.15, 0.2) is 60.7 Å². The molecule has 0 atom stereocenters. The van der Waals surface area contributed by atoms with Gasteiger partial charge in [-0.05, 0) is 42.5 Å². The van der Waals surface area contributed by atoms with Crippen molar-refractivity contribution in [2.75, 3.05) is 5.32 Å². The molecule has 1 N–H and O–H groups in total. The van der Waals surface area contributed by atoms with Gasteiger partial charge in [-0.3, -0.25) is 4.79 Å². The number of aromatic nitrogens is 1. The molecule has 0 unspecified atom stereocenters. The summed E-state index contributed by atoms with van der Waals surface area (Å²) in [5.41, 5.74) is 0.0589. The summed E-state index contributed by atoms with van der Waals surface area (Å²) >= 11 is 0. The number of amides is 1. The molecule has 0 spiro atoms. The molecule has 0 bridgehead atoms. The Morgan fingerprint density at radius 2 is 1.61 bits per heavy atom. The standard InChI is InChI=1S/C17H11F3N2O/c18-17(19,20)13-8-5-12(6-9-13)16(23)22-15-10-7-11-3-1-2-4-14(11)21-15/h1-10H,(H,21,22,23). The van der Waals surface area contributed by atoms with E-state index in [4.69, 9.17) is 0 Å². The van der Waals surface area contributed by atoms with E-state index in [0.717, 1.165) is 35.2 Å². The van der Waals surface area contributed by atoms with Gasteiger partial charge in [0, 0.05) is 10.9 Å². The predicted octanol–water partition coefficient (Wildman–Crippen LogP) is 4.51. The quantitative estimate of drug-likeness (QED) is 0.756. The number of para-hydroxylation sites is 1. The molecule has 1 aromatic heterocycles. The topological polar surface area (TPSA) is 42.0 Å². The van der Waals surface area contributed by atoms with E-state index < -0.39 is 17.6 Å². The molecule has 3 nitrogen and oxygen atoms in total. The van der Waals surface area contributed by atoms with Crippen molar-refractivity contribution in [3.05, 3.63) is 71.8 Å². The summed E-state index contributed by atoms with van der Waals surface area (Å²) in [5.74, 6) is -0.171. The fourth-order valence-corrected chi connectivity index (χ4v) is 2.13. The second-order valence-electron chi connectivity index (χ2n) is 4.92. The van der Waals surface area contributed by atoms with Crippen LogP contribution in [0.1, 0.15) is 15.9 Å². The molecule has 0 aliphatic carbocycles. The molecule has 116 valence electrons. The van der Waals surface area contributed by atoms with Crippen molar-refractivity contribution in [3.63, 3.8) is 0 Å². The van der Waals surface area contributed by atoms with E-state index >= 15 is 0 Å². The normalized spacial score (nSPS) is 11.4. The zero-order chi connectivity index (χ0) is 16.4. The number of carbonyl (C=O) groups excluding carboxylic acids is 1. The minimum atomic E-state index is -4.42. The Hall–Kier alpha value is -2.89. The van der Waals surface area contributed by atoms with E-state index in [0.29, 0.717) is 5.82 Å². The van der Waals surface area contributed by atoms with Crippen LogP contribution >= 0.6 is 0 Å². The summed E-state index contributed by atoms with van der Waals surface area (Å²) in [6.07, 6.45) is -4.42. The Kier molecular flexibility index (Phi) is 3.73. The number of hydrogen-bond acceptors (Lipinski definition) is 2. The highest BCUT2D eigenvalue weighted by Gasteiger charge is 2.30. The van der Waals surface area contributed by atoms with E-state index in [1.807, 2.05) is 30.3 Å². The first-order chi connectivity index (χ1) is 10.9. The number of pyridine rings is 1. The summed E-state index contributed by atoms with van der Waals surface area (Å²) in [4.78, 5) is 16.4. The molecular formula is C17H11F3N2O. The number of anilines is 1. The number of hydrogen-bond donors (Lipinski definition) is 1. The Morgan fingerprint density at radius 3 is 2.30 bits per heavy atom. The molecule has 6 heteroatoms. The number of nitrogens with zero attached hydrogens (tertiary/aromatic N) is 1. The second-order valence-corrected chi connectivity index (χ2v) is 4.92.